The van der Waals surface area contributed by atoms with Gasteiger partial charge in [0.25, 0.3) is 0 Å². The molecule has 0 aliphatic heterocycles. The molecule has 0 unspecified atom stereocenters. The lowest BCUT2D eigenvalue weighted by atomic mass is 10.2. The first-order chi connectivity index (χ1) is 8.28. The summed E-state index contributed by atoms with van der Waals surface area (Å²) in [7, 11) is 1.79. The van der Waals surface area contributed by atoms with Crippen molar-refractivity contribution in [3.63, 3.8) is 0 Å². The fraction of sp³-hybridized carbons (Fsp3) is 0.167. The van der Waals surface area contributed by atoms with Gasteiger partial charge in [0, 0.05) is 25.1 Å². The van der Waals surface area contributed by atoms with Crippen LogP contribution in [0.15, 0.2) is 42.7 Å². The molecule has 0 bridgehead atoms. The predicted octanol–water partition coefficient (Wildman–Crippen LogP) is 1.85. The first kappa shape index (κ1) is 11.6. The number of rotatable bonds is 3. The average molecular weight is 246 g/mol. The van der Waals surface area contributed by atoms with Gasteiger partial charge in [-0.15, -0.1) is 0 Å². The highest BCUT2D eigenvalue weighted by atomic mass is 32.1. The number of nitrogens with zero attached hydrogens (tertiary/aromatic N) is 2. The molecule has 2 aromatic rings. The first-order valence-electron chi connectivity index (χ1n) is 5.33. The van der Waals surface area contributed by atoms with Crippen LogP contribution in [0.25, 0.3) is 0 Å². The van der Waals surface area contributed by atoms with Crippen molar-refractivity contribution in [2.75, 3.05) is 12.4 Å². The number of aromatic nitrogens is 2. The van der Waals surface area contributed by atoms with Crippen LogP contribution in [0.1, 0.15) is 5.56 Å². The zero-order valence-corrected chi connectivity index (χ0v) is 10.4. The maximum Gasteiger partial charge on any atom is 0.170 e. The van der Waals surface area contributed by atoms with E-state index in [1.807, 2.05) is 29.1 Å². The van der Waals surface area contributed by atoms with Gasteiger partial charge in [0.2, 0.25) is 0 Å². The molecule has 0 aliphatic rings. The first-order valence-corrected chi connectivity index (χ1v) is 5.74. The Bertz CT molecular complexity index is 493. The molecule has 5 heteroatoms. The van der Waals surface area contributed by atoms with Gasteiger partial charge in [-0.05, 0) is 36.0 Å². The molecular weight excluding hydrogens is 232 g/mol. The van der Waals surface area contributed by atoms with Crippen molar-refractivity contribution in [1.82, 2.24) is 15.1 Å². The minimum absolute atomic E-state index is 0.612. The van der Waals surface area contributed by atoms with E-state index in [0.29, 0.717) is 5.11 Å². The third-order valence-corrected chi connectivity index (χ3v) is 2.62. The fourth-order valence-corrected chi connectivity index (χ4v) is 1.64. The predicted molar refractivity (Wildman–Crippen MR) is 73.1 cm³/mol. The van der Waals surface area contributed by atoms with Crippen LogP contribution in [0.3, 0.4) is 0 Å². The minimum Gasteiger partial charge on any atom is -0.366 e. The molecule has 1 heterocycles. The van der Waals surface area contributed by atoms with E-state index in [1.54, 1.807) is 13.2 Å². The van der Waals surface area contributed by atoms with Gasteiger partial charge >= 0.3 is 0 Å². The average Bonchev–Trinajstić information content (AvgIpc) is 2.82. The Morgan fingerprint density at radius 1 is 1.41 bits per heavy atom. The number of thiocarbonyl (C=S) groups is 1. The standard InChI is InChI=1S/C12H14N4S/c1-13-12(17)15-11-5-2-4-10(8-11)9-16-7-3-6-14-16/h2-8H,9H2,1H3,(H2,13,15,17). The fourth-order valence-electron chi connectivity index (χ4n) is 1.52. The molecule has 1 aromatic heterocycles. The summed E-state index contributed by atoms with van der Waals surface area (Å²) < 4.78 is 1.88. The lowest BCUT2D eigenvalue weighted by Gasteiger charge is -2.09. The van der Waals surface area contributed by atoms with Crippen molar-refractivity contribution in [1.29, 1.82) is 0 Å². The van der Waals surface area contributed by atoms with E-state index in [2.05, 4.69) is 27.9 Å². The van der Waals surface area contributed by atoms with Crippen LogP contribution in [-0.2, 0) is 6.54 Å². The summed E-state index contributed by atoms with van der Waals surface area (Å²) in [5.74, 6) is 0. The molecule has 1 aromatic carbocycles. The normalized spacial score (nSPS) is 9.94. The van der Waals surface area contributed by atoms with Crippen molar-refractivity contribution in [3.05, 3.63) is 48.3 Å². The van der Waals surface area contributed by atoms with E-state index in [0.717, 1.165) is 12.2 Å². The zero-order chi connectivity index (χ0) is 12.1. The van der Waals surface area contributed by atoms with E-state index < -0.39 is 0 Å². The molecule has 88 valence electrons. The van der Waals surface area contributed by atoms with Crippen molar-refractivity contribution < 1.29 is 0 Å². The van der Waals surface area contributed by atoms with Gasteiger partial charge in [-0.2, -0.15) is 5.10 Å². The van der Waals surface area contributed by atoms with Crippen molar-refractivity contribution in [2.24, 2.45) is 0 Å². The van der Waals surface area contributed by atoms with Gasteiger partial charge < -0.3 is 10.6 Å². The highest BCUT2D eigenvalue weighted by Gasteiger charge is 1.98. The molecule has 0 saturated carbocycles. The molecule has 0 amide bonds. The van der Waals surface area contributed by atoms with Gasteiger partial charge in [0.05, 0.1) is 6.54 Å². The van der Waals surface area contributed by atoms with Gasteiger partial charge in [-0.3, -0.25) is 4.68 Å². The quantitative estimate of drug-likeness (QED) is 0.811. The Morgan fingerprint density at radius 3 is 3.00 bits per heavy atom. The van der Waals surface area contributed by atoms with Crippen LogP contribution in [0.5, 0.6) is 0 Å². The Morgan fingerprint density at radius 2 is 2.29 bits per heavy atom. The van der Waals surface area contributed by atoms with Crippen molar-refractivity contribution in [2.45, 2.75) is 6.54 Å². The molecule has 0 radical (unpaired) electrons. The summed E-state index contributed by atoms with van der Waals surface area (Å²) in [5, 5.41) is 10.8. The van der Waals surface area contributed by atoms with Gasteiger partial charge in [0.15, 0.2) is 5.11 Å². The van der Waals surface area contributed by atoms with Crippen LogP contribution in [0.4, 0.5) is 5.69 Å². The summed E-state index contributed by atoms with van der Waals surface area (Å²) in [5.41, 5.74) is 2.16. The summed E-state index contributed by atoms with van der Waals surface area (Å²) >= 11 is 5.06. The van der Waals surface area contributed by atoms with Gasteiger partial charge in [-0.25, -0.2) is 0 Å². The second-order valence-corrected chi connectivity index (χ2v) is 4.02. The summed E-state index contributed by atoms with van der Waals surface area (Å²) in [6.07, 6.45) is 3.72. The Kier molecular flexibility index (Phi) is 3.72. The van der Waals surface area contributed by atoms with Crippen molar-refractivity contribution in [3.8, 4) is 0 Å². The summed E-state index contributed by atoms with van der Waals surface area (Å²) in [6, 6.07) is 10.0. The zero-order valence-electron chi connectivity index (χ0n) is 9.55. The van der Waals surface area contributed by atoms with Crippen LogP contribution < -0.4 is 10.6 Å². The monoisotopic (exact) mass is 246 g/mol. The van der Waals surface area contributed by atoms with Gasteiger partial charge in [0.1, 0.15) is 0 Å². The molecule has 4 nitrogen and oxygen atoms in total. The van der Waals surface area contributed by atoms with Crippen LogP contribution in [0, 0.1) is 0 Å². The van der Waals surface area contributed by atoms with Gasteiger partial charge in [-0.1, -0.05) is 12.1 Å². The lowest BCUT2D eigenvalue weighted by Crippen LogP contribution is -2.24. The van der Waals surface area contributed by atoms with Crippen LogP contribution >= 0.6 is 12.2 Å². The molecule has 0 spiro atoms. The summed E-state index contributed by atoms with van der Waals surface area (Å²) in [4.78, 5) is 0. The lowest BCUT2D eigenvalue weighted by molar-refractivity contribution is 0.687. The van der Waals surface area contributed by atoms with Crippen LogP contribution in [-0.4, -0.2) is 21.9 Å². The molecule has 0 saturated heterocycles. The molecule has 0 atom stereocenters. The topological polar surface area (TPSA) is 41.9 Å². The number of hydrogen-bond donors (Lipinski definition) is 2. The molecule has 17 heavy (non-hydrogen) atoms. The largest absolute Gasteiger partial charge is 0.366 e. The third kappa shape index (κ3) is 3.29. The summed E-state index contributed by atoms with van der Waals surface area (Å²) in [6.45, 7) is 0.759. The smallest absolute Gasteiger partial charge is 0.170 e. The second-order valence-electron chi connectivity index (χ2n) is 3.61. The molecule has 2 rings (SSSR count). The highest BCUT2D eigenvalue weighted by Crippen LogP contribution is 2.11. The second kappa shape index (κ2) is 5.45. The van der Waals surface area contributed by atoms with Crippen LogP contribution in [0.2, 0.25) is 0 Å². The van der Waals surface area contributed by atoms with E-state index in [9.17, 15) is 0 Å². The van der Waals surface area contributed by atoms with E-state index >= 15 is 0 Å². The van der Waals surface area contributed by atoms with E-state index in [4.69, 9.17) is 12.2 Å². The molecule has 0 aliphatic carbocycles. The maximum absolute atomic E-state index is 5.06. The Hall–Kier alpha value is -1.88. The van der Waals surface area contributed by atoms with E-state index in [1.165, 1.54) is 5.56 Å². The SMILES string of the molecule is CNC(=S)Nc1cccc(Cn2cccn2)c1. The number of hydrogen-bond acceptors (Lipinski definition) is 2. The third-order valence-electron chi connectivity index (χ3n) is 2.32. The molecule has 2 N–H and O–H groups in total. The Balaban J connectivity index is 2.08. The molecular formula is C12H14N4S. The number of anilines is 1. The van der Waals surface area contributed by atoms with E-state index in [-0.39, 0.29) is 0 Å². The Labute approximate surface area is 106 Å². The molecule has 0 fully saturated rings. The minimum atomic E-state index is 0.612. The van der Waals surface area contributed by atoms with Crippen molar-refractivity contribution >= 4 is 23.0 Å². The number of nitrogens with one attached hydrogen (secondary N) is 2. The maximum atomic E-state index is 5.06. The highest BCUT2D eigenvalue weighted by molar-refractivity contribution is 7.80. The number of benzene rings is 1.